The van der Waals surface area contributed by atoms with Crippen LogP contribution in [0.3, 0.4) is 0 Å². The number of aldehydes is 1. The molecule has 0 spiro atoms. The van der Waals surface area contributed by atoms with Crippen LogP contribution in [0, 0.1) is 0 Å². The average Bonchev–Trinajstić information content (AvgIpc) is 3.57. The zero-order valence-electron chi connectivity index (χ0n) is 33.2. The van der Waals surface area contributed by atoms with E-state index in [1.807, 2.05) is 60.7 Å². The summed E-state index contributed by atoms with van der Waals surface area (Å²) in [5, 5.41) is 9.29. The molecule has 1 unspecified atom stereocenters. The van der Waals surface area contributed by atoms with E-state index in [9.17, 15) is 14.4 Å². The molecule has 2 atom stereocenters. The van der Waals surface area contributed by atoms with Crippen LogP contribution in [0.5, 0.6) is 23.0 Å². The van der Waals surface area contributed by atoms with Gasteiger partial charge in [-0.15, -0.1) is 0 Å². The standard InChI is InChI=1S/C46H47N5O7S/c1-51-36(18-32-9-5-7-11-41(32)51)24-48-39-21-44(42(55-2)19-33(39)25-52)57-26-29-14-30(16-34(15-29)50-46(54)12-13-59)27-58-45-22-40-38(20-43(45)56-3)37-10-6-4-8-31(37)17-35(23-47-40)49-28-53/h4-11,14-16,19-23,25,28,35-36,48,59H,12-13,17-18,24,26-27H2,1-3H3,(H,49,53)(H,50,54)/t35-,36?/m0/s1. The fourth-order valence-corrected chi connectivity index (χ4v) is 7.76. The summed E-state index contributed by atoms with van der Waals surface area (Å²) in [5.41, 5.74) is 9.28. The summed E-state index contributed by atoms with van der Waals surface area (Å²) < 4.78 is 24.3. The molecule has 7 rings (SSSR count). The predicted molar refractivity (Wildman–Crippen MR) is 235 cm³/mol. The Bertz CT molecular complexity index is 2370. The molecule has 2 aliphatic heterocycles. The summed E-state index contributed by atoms with van der Waals surface area (Å²) in [4.78, 5) is 43.3. The normalized spacial score (nSPS) is 15.1. The van der Waals surface area contributed by atoms with Crippen LogP contribution < -0.4 is 39.8 Å². The van der Waals surface area contributed by atoms with Gasteiger partial charge in [-0.25, -0.2) is 0 Å². The van der Waals surface area contributed by atoms with Gasteiger partial charge in [0.15, 0.2) is 29.3 Å². The van der Waals surface area contributed by atoms with Crippen molar-refractivity contribution in [3.63, 3.8) is 0 Å². The van der Waals surface area contributed by atoms with Crippen LogP contribution in [0.15, 0.2) is 96.0 Å². The number of carbonyl (C=O) groups is 3. The number of carbonyl (C=O) groups excluding carboxylic acids is 3. The first-order valence-electron chi connectivity index (χ1n) is 19.4. The van der Waals surface area contributed by atoms with Gasteiger partial charge >= 0.3 is 0 Å². The molecule has 3 N–H and O–H groups in total. The molecule has 0 saturated heterocycles. The van der Waals surface area contributed by atoms with Gasteiger partial charge in [0.1, 0.15) is 13.2 Å². The quantitative estimate of drug-likeness (QED) is 0.0557. The summed E-state index contributed by atoms with van der Waals surface area (Å²) in [6.07, 6.45) is 4.95. The van der Waals surface area contributed by atoms with Crippen molar-refractivity contribution < 1.29 is 33.3 Å². The molecule has 2 amide bonds. The molecule has 12 nitrogen and oxygen atoms in total. The number of anilines is 3. The van der Waals surface area contributed by atoms with Crippen molar-refractivity contribution in [2.75, 3.05) is 49.1 Å². The first kappa shape index (κ1) is 40.7. The Hall–Kier alpha value is -6.47. The molecule has 5 aromatic rings. The minimum atomic E-state index is -0.280. The summed E-state index contributed by atoms with van der Waals surface area (Å²) in [6, 6.07) is 29.1. The largest absolute Gasteiger partial charge is 0.493 e. The van der Waals surface area contributed by atoms with Crippen molar-refractivity contribution >= 4 is 60.2 Å². The van der Waals surface area contributed by atoms with Gasteiger partial charge in [-0.3, -0.25) is 19.4 Å². The van der Waals surface area contributed by atoms with Gasteiger partial charge in [-0.05, 0) is 82.8 Å². The lowest BCUT2D eigenvalue weighted by Gasteiger charge is -2.24. The van der Waals surface area contributed by atoms with Crippen molar-refractivity contribution in [2.45, 2.75) is 44.6 Å². The molecule has 0 bridgehead atoms. The highest BCUT2D eigenvalue weighted by Crippen LogP contribution is 2.43. The fraction of sp³-hybridized carbons (Fsp3) is 0.261. The van der Waals surface area contributed by atoms with Crippen LogP contribution in [0.4, 0.5) is 22.7 Å². The Kier molecular flexibility index (Phi) is 13.0. The van der Waals surface area contributed by atoms with E-state index in [4.69, 9.17) is 23.9 Å². The second-order valence-electron chi connectivity index (χ2n) is 14.4. The van der Waals surface area contributed by atoms with Crippen LogP contribution in [-0.4, -0.2) is 70.5 Å². The van der Waals surface area contributed by atoms with Crippen molar-refractivity contribution in [1.29, 1.82) is 0 Å². The van der Waals surface area contributed by atoms with E-state index in [1.165, 1.54) is 18.4 Å². The third-order valence-electron chi connectivity index (χ3n) is 10.5. The molecule has 59 heavy (non-hydrogen) atoms. The number of nitrogens with zero attached hydrogens (tertiary/aromatic N) is 2. The first-order chi connectivity index (χ1) is 28.8. The highest BCUT2D eigenvalue weighted by atomic mass is 32.1. The number of nitrogens with one attached hydrogen (secondary N) is 3. The Morgan fingerprint density at radius 3 is 2.22 bits per heavy atom. The molecule has 2 aliphatic rings. The maximum Gasteiger partial charge on any atom is 0.225 e. The lowest BCUT2D eigenvalue weighted by atomic mass is 9.93. The number of aliphatic imine (C=N–C) groups is 1. The summed E-state index contributed by atoms with van der Waals surface area (Å²) >= 11 is 4.23. The van der Waals surface area contributed by atoms with Gasteiger partial charge in [-0.1, -0.05) is 42.5 Å². The molecule has 0 saturated carbocycles. The number of methoxy groups -OCH3 is 2. The van der Waals surface area contributed by atoms with E-state index in [2.05, 4.69) is 58.7 Å². The Morgan fingerprint density at radius 1 is 0.831 bits per heavy atom. The first-order valence-corrected chi connectivity index (χ1v) is 20.0. The van der Waals surface area contributed by atoms with Crippen molar-refractivity contribution in [3.05, 3.63) is 119 Å². The van der Waals surface area contributed by atoms with Gasteiger partial charge < -0.3 is 39.8 Å². The molecule has 5 aromatic carbocycles. The average molecular weight is 814 g/mol. The number of rotatable bonds is 17. The number of hydrogen-bond donors (Lipinski definition) is 4. The molecule has 2 heterocycles. The van der Waals surface area contributed by atoms with Crippen molar-refractivity contribution in [2.24, 2.45) is 4.99 Å². The van der Waals surface area contributed by atoms with Gasteiger partial charge in [0.2, 0.25) is 12.3 Å². The lowest BCUT2D eigenvalue weighted by molar-refractivity contribution is -0.115. The second kappa shape index (κ2) is 18.9. The number of fused-ring (bicyclic) bond motifs is 4. The summed E-state index contributed by atoms with van der Waals surface area (Å²) in [6.45, 7) is 0.854. The number of hydrogen-bond acceptors (Lipinski definition) is 11. The summed E-state index contributed by atoms with van der Waals surface area (Å²) in [7, 11) is 5.21. The highest BCUT2D eigenvalue weighted by molar-refractivity contribution is 7.80. The molecule has 0 fully saturated rings. The zero-order chi connectivity index (χ0) is 41.3. The Morgan fingerprint density at radius 2 is 1.53 bits per heavy atom. The fourth-order valence-electron chi connectivity index (χ4n) is 7.55. The molecule has 0 aliphatic carbocycles. The number of amides is 2. The SMILES string of the molecule is COc1cc2c(cc1OCc1cc(COc3cc(NCC4Cc5ccccc5N4C)c(C=O)cc3OC)cc(NC(=O)CCS)c1)N=C[C@@H](NC=O)Cc1ccccc1-2. The van der Waals surface area contributed by atoms with Crippen molar-refractivity contribution in [3.8, 4) is 34.1 Å². The topological polar surface area (TPSA) is 140 Å². The third-order valence-corrected chi connectivity index (χ3v) is 10.8. The number of para-hydroxylation sites is 1. The smallest absolute Gasteiger partial charge is 0.225 e. The van der Waals surface area contributed by atoms with Gasteiger partial charge in [0.05, 0.1) is 32.0 Å². The van der Waals surface area contributed by atoms with Gasteiger partial charge in [0.25, 0.3) is 0 Å². The lowest BCUT2D eigenvalue weighted by Crippen LogP contribution is -2.34. The van der Waals surface area contributed by atoms with Gasteiger partial charge in [-0.2, -0.15) is 12.6 Å². The van der Waals surface area contributed by atoms with Crippen LogP contribution in [0.2, 0.25) is 0 Å². The number of thiol groups is 1. The van der Waals surface area contributed by atoms with E-state index >= 15 is 0 Å². The minimum Gasteiger partial charge on any atom is -0.493 e. The van der Waals surface area contributed by atoms with E-state index in [-0.39, 0.29) is 37.6 Å². The van der Waals surface area contributed by atoms with E-state index < -0.39 is 0 Å². The zero-order valence-corrected chi connectivity index (χ0v) is 34.1. The number of benzene rings is 5. The van der Waals surface area contributed by atoms with Crippen LogP contribution in [0.1, 0.15) is 39.0 Å². The van der Waals surface area contributed by atoms with Crippen LogP contribution >= 0.6 is 12.6 Å². The van der Waals surface area contributed by atoms with Crippen molar-refractivity contribution in [1.82, 2.24) is 5.32 Å². The van der Waals surface area contributed by atoms with Crippen LogP contribution in [0.25, 0.3) is 11.1 Å². The van der Waals surface area contributed by atoms with Gasteiger partial charge in [0, 0.05) is 66.5 Å². The molecular weight excluding hydrogens is 767 g/mol. The predicted octanol–water partition coefficient (Wildman–Crippen LogP) is 7.45. The maximum atomic E-state index is 12.7. The monoisotopic (exact) mass is 813 g/mol. The molecule has 0 aromatic heterocycles. The third kappa shape index (κ3) is 9.47. The van der Waals surface area contributed by atoms with Crippen LogP contribution in [-0.2, 0) is 35.6 Å². The maximum absolute atomic E-state index is 12.7. The van der Waals surface area contributed by atoms with E-state index in [0.717, 1.165) is 40.5 Å². The molecule has 13 heteroatoms. The number of likely N-dealkylation sites (N-methyl/N-ethyl adjacent to an activating group) is 1. The Balaban J connectivity index is 1.12. The highest BCUT2D eigenvalue weighted by Gasteiger charge is 2.26. The summed E-state index contributed by atoms with van der Waals surface area (Å²) in [5.74, 6) is 2.08. The van der Waals surface area contributed by atoms with E-state index in [0.29, 0.717) is 70.8 Å². The molecule has 0 radical (unpaired) electrons. The molecule has 304 valence electrons. The van der Waals surface area contributed by atoms with E-state index in [1.54, 1.807) is 25.5 Å². The molecular formula is C46H47N5O7S. The second-order valence-corrected chi connectivity index (χ2v) is 14.8. The number of ether oxygens (including phenoxy) is 4. The Labute approximate surface area is 349 Å². The minimum absolute atomic E-state index is 0.118.